The molecule has 0 aliphatic heterocycles. The summed E-state index contributed by atoms with van der Waals surface area (Å²) in [5.74, 6) is 2.12. The van der Waals surface area contributed by atoms with Gasteiger partial charge in [-0.15, -0.1) is 0 Å². The quantitative estimate of drug-likeness (QED) is 0.786. The number of benzene rings is 1. The first-order chi connectivity index (χ1) is 8.12. The van der Waals surface area contributed by atoms with Gasteiger partial charge in [-0.1, -0.05) is 34.1 Å². The number of hydrogen-bond donors (Lipinski definition) is 0. The highest BCUT2D eigenvalue weighted by Gasteiger charge is 2.75. The van der Waals surface area contributed by atoms with Crippen molar-refractivity contribution in [3.63, 3.8) is 0 Å². The van der Waals surface area contributed by atoms with Crippen LogP contribution in [0.25, 0.3) is 0 Å². The van der Waals surface area contributed by atoms with E-state index in [1.165, 1.54) is 0 Å². The molecule has 6 atom stereocenters. The van der Waals surface area contributed by atoms with Gasteiger partial charge in [0.15, 0.2) is 9.84 Å². The molecule has 4 saturated carbocycles. The molecule has 0 spiro atoms. The largest absolute Gasteiger partial charge is 0.223 e. The smallest absolute Gasteiger partial charge is 0.181 e. The normalized spacial score (nSPS) is 46.2. The zero-order valence-electron chi connectivity index (χ0n) is 9.16. The Hall–Kier alpha value is -0.350. The lowest BCUT2D eigenvalue weighted by molar-refractivity contribution is 0.547. The molecule has 0 aromatic heterocycles. The maximum Gasteiger partial charge on any atom is 0.181 e. The molecule has 4 heteroatoms. The van der Waals surface area contributed by atoms with E-state index in [1.807, 2.05) is 18.2 Å². The minimum absolute atomic E-state index is 0.121. The van der Waals surface area contributed by atoms with Crippen molar-refractivity contribution in [3.05, 3.63) is 30.3 Å². The fraction of sp³-hybridized carbons (Fsp3) is 0.538. The topological polar surface area (TPSA) is 34.1 Å². The maximum atomic E-state index is 12.6. The number of alkyl halides is 1. The number of rotatable bonds is 2. The zero-order chi connectivity index (χ0) is 11.8. The molecule has 4 bridgehead atoms. The molecule has 1 aromatic carbocycles. The Balaban J connectivity index is 1.78. The van der Waals surface area contributed by atoms with E-state index in [2.05, 4.69) is 15.9 Å². The Labute approximate surface area is 109 Å². The molecule has 0 amide bonds. The first-order valence-electron chi connectivity index (χ1n) is 6.05. The summed E-state index contributed by atoms with van der Waals surface area (Å²) in [6.07, 6.45) is 1.11. The van der Waals surface area contributed by atoms with Crippen molar-refractivity contribution < 1.29 is 8.42 Å². The Morgan fingerprint density at radius 2 is 1.76 bits per heavy atom. The summed E-state index contributed by atoms with van der Waals surface area (Å²) < 4.78 is 25.3. The summed E-state index contributed by atoms with van der Waals surface area (Å²) >= 11 is 3.69. The molecule has 4 aliphatic rings. The molecule has 17 heavy (non-hydrogen) atoms. The van der Waals surface area contributed by atoms with Crippen LogP contribution in [0.1, 0.15) is 6.42 Å². The fourth-order valence-corrected chi connectivity index (χ4v) is 8.07. The van der Waals surface area contributed by atoms with Crippen LogP contribution < -0.4 is 0 Å². The average Bonchev–Trinajstić information content (AvgIpc) is 2.64. The molecule has 0 heterocycles. The van der Waals surface area contributed by atoms with Crippen LogP contribution in [-0.2, 0) is 9.84 Å². The predicted octanol–water partition coefficient (Wildman–Crippen LogP) is 2.49. The average molecular weight is 313 g/mol. The van der Waals surface area contributed by atoms with Crippen LogP contribution in [0.4, 0.5) is 0 Å². The van der Waals surface area contributed by atoms with Gasteiger partial charge >= 0.3 is 0 Å². The monoisotopic (exact) mass is 312 g/mol. The SMILES string of the molecule is O=S(=O)(c1ccccc1)[C@@H]1[C@H]2C[C@H]3[C@@H]([C@H]2Br)[C@H]31. The molecule has 0 N–H and O–H groups in total. The van der Waals surface area contributed by atoms with E-state index >= 15 is 0 Å². The van der Waals surface area contributed by atoms with Crippen LogP contribution in [0.3, 0.4) is 0 Å². The first-order valence-corrected chi connectivity index (χ1v) is 8.51. The molecule has 5 rings (SSSR count). The van der Waals surface area contributed by atoms with Crippen LogP contribution >= 0.6 is 15.9 Å². The molecular formula is C13H13BrO2S. The number of sulfone groups is 1. The summed E-state index contributed by atoms with van der Waals surface area (Å²) in [5, 5.41) is -0.121. The fourth-order valence-electron chi connectivity index (χ4n) is 4.19. The van der Waals surface area contributed by atoms with Crippen molar-refractivity contribution in [2.75, 3.05) is 0 Å². The maximum absolute atomic E-state index is 12.6. The molecule has 1 aromatic rings. The Morgan fingerprint density at radius 3 is 2.24 bits per heavy atom. The first kappa shape index (κ1) is 10.6. The van der Waals surface area contributed by atoms with E-state index < -0.39 is 9.84 Å². The molecule has 0 unspecified atom stereocenters. The second kappa shape index (κ2) is 3.15. The minimum atomic E-state index is -3.12. The van der Waals surface area contributed by atoms with Crippen LogP contribution in [0.2, 0.25) is 0 Å². The van der Waals surface area contributed by atoms with Crippen LogP contribution in [0.15, 0.2) is 35.2 Å². The van der Waals surface area contributed by atoms with Gasteiger partial charge < -0.3 is 0 Å². The van der Waals surface area contributed by atoms with Gasteiger partial charge in [-0.05, 0) is 42.2 Å². The Kier molecular flexibility index (Phi) is 1.96. The van der Waals surface area contributed by atoms with Gasteiger partial charge in [-0.25, -0.2) is 8.42 Å². The van der Waals surface area contributed by atoms with Gasteiger partial charge in [0.05, 0.1) is 10.1 Å². The van der Waals surface area contributed by atoms with Gasteiger partial charge in [0.1, 0.15) is 0 Å². The summed E-state index contributed by atoms with van der Waals surface area (Å²) in [4.78, 5) is 0.948. The van der Waals surface area contributed by atoms with E-state index in [9.17, 15) is 8.42 Å². The lowest BCUT2D eigenvalue weighted by atomic mass is 10.1. The van der Waals surface area contributed by atoms with Gasteiger partial charge in [0.2, 0.25) is 0 Å². The lowest BCUT2D eigenvalue weighted by Gasteiger charge is -2.17. The highest BCUT2D eigenvalue weighted by molar-refractivity contribution is 9.09. The van der Waals surface area contributed by atoms with Gasteiger partial charge in [-0.2, -0.15) is 0 Å². The van der Waals surface area contributed by atoms with Crippen molar-refractivity contribution in [2.45, 2.75) is 21.4 Å². The molecule has 0 radical (unpaired) electrons. The van der Waals surface area contributed by atoms with Crippen LogP contribution in [0, 0.1) is 23.7 Å². The van der Waals surface area contributed by atoms with Crippen LogP contribution in [-0.4, -0.2) is 18.5 Å². The van der Waals surface area contributed by atoms with E-state index in [-0.39, 0.29) is 5.25 Å². The lowest BCUT2D eigenvalue weighted by Crippen LogP contribution is -2.27. The summed E-state index contributed by atoms with van der Waals surface area (Å²) in [7, 11) is -3.12. The highest BCUT2D eigenvalue weighted by Crippen LogP contribution is 2.74. The van der Waals surface area contributed by atoms with Crippen molar-refractivity contribution in [1.29, 1.82) is 0 Å². The van der Waals surface area contributed by atoms with Gasteiger partial charge in [0, 0.05) is 4.83 Å². The van der Waals surface area contributed by atoms with Gasteiger partial charge in [-0.3, -0.25) is 0 Å². The third kappa shape index (κ3) is 1.18. The summed E-state index contributed by atoms with van der Waals surface area (Å²) in [6, 6.07) is 8.93. The third-order valence-corrected chi connectivity index (χ3v) is 8.44. The van der Waals surface area contributed by atoms with E-state index in [0.717, 1.165) is 6.42 Å². The zero-order valence-corrected chi connectivity index (χ0v) is 11.6. The van der Waals surface area contributed by atoms with E-state index in [0.29, 0.717) is 33.4 Å². The van der Waals surface area contributed by atoms with Crippen molar-refractivity contribution >= 4 is 25.8 Å². The highest BCUT2D eigenvalue weighted by atomic mass is 79.9. The molecule has 2 nitrogen and oxygen atoms in total. The number of hydrogen-bond acceptors (Lipinski definition) is 2. The molecule has 0 saturated heterocycles. The van der Waals surface area contributed by atoms with Gasteiger partial charge in [0.25, 0.3) is 0 Å². The third-order valence-electron chi connectivity index (χ3n) is 4.84. The Bertz CT molecular complexity index is 568. The van der Waals surface area contributed by atoms with Crippen molar-refractivity contribution in [2.24, 2.45) is 23.7 Å². The molecule has 90 valence electrons. The van der Waals surface area contributed by atoms with E-state index in [4.69, 9.17) is 0 Å². The van der Waals surface area contributed by atoms with Crippen molar-refractivity contribution in [3.8, 4) is 0 Å². The minimum Gasteiger partial charge on any atom is -0.223 e. The predicted molar refractivity (Wildman–Crippen MR) is 68.7 cm³/mol. The summed E-state index contributed by atoms with van der Waals surface area (Å²) in [6.45, 7) is 0. The molecule has 4 aliphatic carbocycles. The number of halogens is 1. The van der Waals surface area contributed by atoms with E-state index in [1.54, 1.807) is 12.1 Å². The Morgan fingerprint density at radius 1 is 1.06 bits per heavy atom. The second-order valence-electron chi connectivity index (χ2n) is 5.49. The van der Waals surface area contributed by atoms with Crippen molar-refractivity contribution in [1.82, 2.24) is 0 Å². The molecular weight excluding hydrogens is 300 g/mol. The summed E-state index contributed by atoms with van der Waals surface area (Å²) in [5.41, 5.74) is 0. The second-order valence-corrected chi connectivity index (χ2v) is 8.65. The standard InChI is InChI=1S/C13H13BrO2S/c14-12-9-6-8-10(12)11(8)13(9)17(15,16)7-4-2-1-3-5-7/h1-5,8-13H,6H2/t8-,9-,10+,11-,12-,13+/m0/s1. The molecule has 4 fully saturated rings. The van der Waals surface area contributed by atoms with Crippen LogP contribution in [0.5, 0.6) is 0 Å².